The van der Waals surface area contributed by atoms with E-state index in [9.17, 15) is 4.79 Å². The highest BCUT2D eigenvalue weighted by Crippen LogP contribution is 2.17. The Hall–Kier alpha value is -0.610. The van der Waals surface area contributed by atoms with Crippen molar-refractivity contribution in [3.63, 3.8) is 0 Å². The molecule has 1 amide bonds. The zero-order valence-electron chi connectivity index (χ0n) is 11.0. The van der Waals surface area contributed by atoms with Crippen molar-refractivity contribution in [2.45, 2.75) is 46.1 Å². The van der Waals surface area contributed by atoms with Gasteiger partial charge in [0, 0.05) is 25.2 Å². The van der Waals surface area contributed by atoms with Crippen LogP contribution in [0.2, 0.25) is 0 Å². The van der Waals surface area contributed by atoms with Crippen LogP contribution < -0.4 is 10.7 Å². The summed E-state index contributed by atoms with van der Waals surface area (Å²) < 4.78 is 0. The van der Waals surface area contributed by atoms with Crippen LogP contribution in [0, 0.1) is 5.92 Å². The summed E-state index contributed by atoms with van der Waals surface area (Å²) in [6.07, 6.45) is 2.19. The van der Waals surface area contributed by atoms with Crippen molar-refractivity contribution in [2.75, 3.05) is 19.6 Å². The number of carbonyl (C=O) groups excluding carboxylic acids is 1. The lowest BCUT2D eigenvalue weighted by Crippen LogP contribution is -2.46. The predicted molar refractivity (Wildman–Crippen MR) is 65.9 cm³/mol. The van der Waals surface area contributed by atoms with E-state index >= 15 is 0 Å². The van der Waals surface area contributed by atoms with E-state index in [1.54, 1.807) is 0 Å². The van der Waals surface area contributed by atoms with Gasteiger partial charge in [-0.3, -0.25) is 10.2 Å². The maximum Gasteiger partial charge on any atom is 0.225 e. The summed E-state index contributed by atoms with van der Waals surface area (Å²) >= 11 is 0. The van der Waals surface area contributed by atoms with Gasteiger partial charge in [-0.15, -0.1) is 0 Å². The van der Waals surface area contributed by atoms with Gasteiger partial charge in [-0.1, -0.05) is 13.3 Å². The molecule has 1 aliphatic rings. The van der Waals surface area contributed by atoms with Gasteiger partial charge >= 0.3 is 0 Å². The monoisotopic (exact) mass is 227 g/mol. The van der Waals surface area contributed by atoms with E-state index in [0.29, 0.717) is 0 Å². The van der Waals surface area contributed by atoms with Gasteiger partial charge in [-0.25, -0.2) is 5.01 Å². The number of hydrogen-bond donors (Lipinski definition) is 2. The fourth-order valence-electron chi connectivity index (χ4n) is 1.79. The average molecular weight is 227 g/mol. The van der Waals surface area contributed by atoms with Crippen molar-refractivity contribution in [3.8, 4) is 0 Å². The van der Waals surface area contributed by atoms with E-state index in [0.717, 1.165) is 32.5 Å². The standard InChI is InChI=1S/C12H25N3O/c1-5-6-7-13-11(16)10-8-14-15(9-10)12(2,3)4/h10,14H,5-9H2,1-4H3,(H,13,16). The highest BCUT2D eigenvalue weighted by atomic mass is 16.2. The van der Waals surface area contributed by atoms with Crippen LogP contribution in [-0.2, 0) is 4.79 Å². The molecule has 1 fully saturated rings. The number of amides is 1. The summed E-state index contributed by atoms with van der Waals surface area (Å²) in [4.78, 5) is 11.8. The van der Waals surface area contributed by atoms with Gasteiger partial charge < -0.3 is 5.32 Å². The van der Waals surface area contributed by atoms with Crippen molar-refractivity contribution in [1.29, 1.82) is 0 Å². The highest BCUT2D eigenvalue weighted by Gasteiger charge is 2.33. The lowest BCUT2D eigenvalue weighted by Gasteiger charge is -2.31. The summed E-state index contributed by atoms with van der Waals surface area (Å²) in [5, 5.41) is 5.14. The van der Waals surface area contributed by atoms with Crippen molar-refractivity contribution in [1.82, 2.24) is 15.8 Å². The van der Waals surface area contributed by atoms with E-state index in [1.807, 2.05) is 0 Å². The molecule has 4 nitrogen and oxygen atoms in total. The number of nitrogens with zero attached hydrogens (tertiary/aromatic N) is 1. The van der Waals surface area contributed by atoms with Crippen molar-refractivity contribution >= 4 is 5.91 Å². The zero-order valence-corrected chi connectivity index (χ0v) is 11.0. The second-order valence-electron chi connectivity index (χ2n) is 5.49. The molecule has 1 atom stereocenters. The molecule has 1 unspecified atom stereocenters. The minimum Gasteiger partial charge on any atom is -0.356 e. The molecule has 0 saturated carbocycles. The first-order valence-electron chi connectivity index (χ1n) is 6.24. The second kappa shape index (κ2) is 5.64. The van der Waals surface area contributed by atoms with Crippen molar-refractivity contribution in [2.24, 2.45) is 5.92 Å². The number of unbranched alkanes of at least 4 members (excludes halogenated alkanes) is 1. The number of hydrogen-bond acceptors (Lipinski definition) is 3. The molecule has 16 heavy (non-hydrogen) atoms. The second-order valence-corrected chi connectivity index (χ2v) is 5.49. The van der Waals surface area contributed by atoms with Gasteiger partial charge in [-0.05, 0) is 27.2 Å². The molecule has 1 aliphatic heterocycles. The van der Waals surface area contributed by atoms with Crippen LogP contribution in [0.5, 0.6) is 0 Å². The zero-order chi connectivity index (χ0) is 12.2. The summed E-state index contributed by atoms with van der Waals surface area (Å²) in [6.45, 7) is 11.0. The first-order chi connectivity index (χ1) is 7.45. The van der Waals surface area contributed by atoms with E-state index in [2.05, 4.69) is 43.4 Å². The third kappa shape index (κ3) is 3.76. The Morgan fingerprint density at radius 1 is 1.50 bits per heavy atom. The molecular weight excluding hydrogens is 202 g/mol. The smallest absolute Gasteiger partial charge is 0.225 e. The molecule has 4 heteroatoms. The molecule has 0 aromatic rings. The molecule has 1 saturated heterocycles. The minimum absolute atomic E-state index is 0.0818. The Morgan fingerprint density at radius 2 is 2.19 bits per heavy atom. The Kier molecular flexibility index (Phi) is 4.74. The van der Waals surface area contributed by atoms with Crippen LogP contribution in [0.15, 0.2) is 0 Å². The van der Waals surface area contributed by atoms with Crippen LogP contribution in [0.4, 0.5) is 0 Å². The van der Waals surface area contributed by atoms with E-state index in [1.165, 1.54) is 0 Å². The number of nitrogens with one attached hydrogen (secondary N) is 2. The van der Waals surface area contributed by atoms with E-state index in [4.69, 9.17) is 0 Å². The Bertz CT molecular complexity index is 235. The lowest BCUT2D eigenvalue weighted by atomic mass is 10.1. The third-order valence-corrected chi connectivity index (χ3v) is 2.94. The van der Waals surface area contributed by atoms with Crippen LogP contribution in [-0.4, -0.2) is 36.1 Å². The average Bonchev–Trinajstić information content (AvgIpc) is 2.66. The third-order valence-electron chi connectivity index (χ3n) is 2.94. The van der Waals surface area contributed by atoms with Gasteiger partial charge in [0.25, 0.3) is 0 Å². The Morgan fingerprint density at radius 3 is 2.69 bits per heavy atom. The lowest BCUT2D eigenvalue weighted by molar-refractivity contribution is -0.124. The first kappa shape index (κ1) is 13.5. The predicted octanol–water partition coefficient (Wildman–Crippen LogP) is 1.14. The molecule has 94 valence electrons. The maximum absolute atomic E-state index is 11.8. The van der Waals surface area contributed by atoms with Crippen LogP contribution in [0.1, 0.15) is 40.5 Å². The molecule has 0 spiro atoms. The fourth-order valence-corrected chi connectivity index (χ4v) is 1.79. The van der Waals surface area contributed by atoms with Gasteiger partial charge in [-0.2, -0.15) is 0 Å². The number of carbonyl (C=O) groups is 1. The van der Waals surface area contributed by atoms with E-state index in [-0.39, 0.29) is 17.4 Å². The van der Waals surface area contributed by atoms with Gasteiger partial charge in [0.1, 0.15) is 0 Å². The largest absolute Gasteiger partial charge is 0.356 e. The normalized spacial score (nSPS) is 22.4. The molecule has 1 rings (SSSR count). The molecule has 0 bridgehead atoms. The van der Waals surface area contributed by atoms with Gasteiger partial charge in [0.05, 0.1) is 5.92 Å². The quantitative estimate of drug-likeness (QED) is 0.708. The van der Waals surface area contributed by atoms with Crippen LogP contribution in [0.3, 0.4) is 0 Å². The summed E-state index contributed by atoms with van der Waals surface area (Å²) in [5.41, 5.74) is 3.37. The van der Waals surface area contributed by atoms with Gasteiger partial charge in [0.15, 0.2) is 0 Å². The maximum atomic E-state index is 11.8. The van der Waals surface area contributed by atoms with E-state index < -0.39 is 0 Å². The fraction of sp³-hybridized carbons (Fsp3) is 0.917. The molecule has 0 radical (unpaired) electrons. The van der Waals surface area contributed by atoms with Gasteiger partial charge in [0.2, 0.25) is 5.91 Å². The molecule has 2 N–H and O–H groups in total. The van der Waals surface area contributed by atoms with Crippen molar-refractivity contribution in [3.05, 3.63) is 0 Å². The van der Waals surface area contributed by atoms with Crippen molar-refractivity contribution < 1.29 is 4.79 Å². The van der Waals surface area contributed by atoms with Crippen LogP contribution >= 0.6 is 0 Å². The molecular formula is C12H25N3O. The first-order valence-corrected chi connectivity index (χ1v) is 6.24. The molecule has 0 aliphatic carbocycles. The Balaban J connectivity index is 2.32. The number of hydrazine groups is 1. The highest BCUT2D eigenvalue weighted by molar-refractivity contribution is 5.79. The molecule has 1 heterocycles. The summed E-state index contributed by atoms with van der Waals surface area (Å²) in [6, 6.07) is 0. The SMILES string of the molecule is CCCCNC(=O)C1CNN(C(C)(C)C)C1. The van der Waals surface area contributed by atoms with Crippen LogP contribution in [0.25, 0.3) is 0 Å². The minimum atomic E-state index is 0.0818. The molecule has 0 aromatic heterocycles. The summed E-state index contributed by atoms with van der Waals surface area (Å²) in [7, 11) is 0. The Labute approximate surface area is 98.7 Å². The summed E-state index contributed by atoms with van der Waals surface area (Å²) in [5.74, 6) is 0.281. The number of rotatable bonds is 4. The molecule has 0 aromatic carbocycles. The topological polar surface area (TPSA) is 44.4 Å².